The normalized spacial score (nSPS) is 21.7. The minimum absolute atomic E-state index is 0.0559. The summed E-state index contributed by atoms with van der Waals surface area (Å²) in [5, 5.41) is 9.60. The second-order valence-corrected chi connectivity index (χ2v) is 7.32. The van der Waals surface area contributed by atoms with Crippen LogP contribution in [-0.4, -0.2) is 5.78 Å². The average molecular weight is 410 g/mol. The number of ketones is 1. The van der Waals surface area contributed by atoms with E-state index in [1.54, 1.807) is 0 Å². The maximum absolute atomic E-state index is 13.2. The number of benzene rings is 2. The van der Waals surface area contributed by atoms with Crippen LogP contribution in [0.5, 0.6) is 0 Å². The molecule has 0 radical (unpaired) electrons. The van der Waals surface area contributed by atoms with Gasteiger partial charge in [0.05, 0.1) is 11.5 Å². The number of alkyl halides is 3. The molecule has 2 aromatic carbocycles. The number of nitrogens with zero attached hydrogens (tertiary/aromatic N) is 1. The molecule has 0 spiro atoms. The summed E-state index contributed by atoms with van der Waals surface area (Å²) in [5.41, 5.74) is 6.40. The first kappa shape index (κ1) is 19.8. The molecule has 2 aliphatic rings. The lowest BCUT2D eigenvalue weighted by Gasteiger charge is -2.34. The minimum atomic E-state index is -4.55. The molecular weight excluding hydrogens is 393 g/mol. The Bertz CT molecular complexity index is 1110. The molecule has 0 aromatic heterocycles. The van der Waals surface area contributed by atoms with Crippen LogP contribution in [0.15, 0.2) is 77.4 Å². The molecule has 1 aliphatic carbocycles. The smallest absolute Gasteiger partial charge is 0.416 e. The van der Waals surface area contributed by atoms with E-state index >= 15 is 0 Å². The van der Waals surface area contributed by atoms with Gasteiger partial charge in [-0.15, -0.1) is 0 Å². The van der Waals surface area contributed by atoms with E-state index in [4.69, 9.17) is 10.5 Å². The molecule has 1 aliphatic heterocycles. The summed E-state index contributed by atoms with van der Waals surface area (Å²) in [7, 11) is 0. The number of halogens is 3. The number of hydrogen-bond donors (Lipinski definition) is 1. The zero-order valence-electron chi connectivity index (χ0n) is 15.7. The van der Waals surface area contributed by atoms with E-state index in [-0.39, 0.29) is 40.7 Å². The Labute approximate surface area is 171 Å². The van der Waals surface area contributed by atoms with Gasteiger partial charge in [-0.1, -0.05) is 48.5 Å². The third kappa shape index (κ3) is 3.45. The fraction of sp³-hybridized carbons (Fsp3) is 0.217. The van der Waals surface area contributed by atoms with Crippen molar-refractivity contribution in [3.05, 3.63) is 94.1 Å². The maximum Gasteiger partial charge on any atom is 0.416 e. The Morgan fingerprint density at radius 1 is 1.03 bits per heavy atom. The first-order valence-electron chi connectivity index (χ1n) is 9.35. The SMILES string of the molecule is N#CC1=C(N)OC2=C(C(=O)C[C@H](c3ccccc3)C2)[C@H]1c1cccc(C(F)(F)F)c1. The Kier molecular flexibility index (Phi) is 4.86. The standard InChI is InChI=1S/C23H17F3N2O2/c24-23(25,26)16-8-4-7-14(9-16)20-17(12-27)22(28)30-19-11-15(10-18(29)21(19)20)13-5-2-1-3-6-13/h1-9,15,20H,10-11,28H2/t15-,20-/m0/s1. The number of Topliss-reactive ketones (excluding diaryl/α,β-unsaturated/α-hetero) is 1. The molecule has 7 heteroatoms. The molecule has 0 unspecified atom stereocenters. The molecule has 152 valence electrons. The molecule has 0 amide bonds. The molecule has 2 aromatic rings. The van der Waals surface area contributed by atoms with Gasteiger partial charge in [-0.05, 0) is 23.1 Å². The summed E-state index contributed by atoms with van der Waals surface area (Å²) >= 11 is 0. The molecule has 1 heterocycles. The molecule has 4 rings (SSSR count). The van der Waals surface area contributed by atoms with Crippen LogP contribution in [0.1, 0.15) is 41.4 Å². The average Bonchev–Trinajstić information content (AvgIpc) is 2.72. The number of nitrogens with two attached hydrogens (primary N) is 1. The molecule has 0 bridgehead atoms. The lowest BCUT2D eigenvalue weighted by molar-refractivity contribution is -0.137. The van der Waals surface area contributed by atoms with Crippen LogP contribution in [0.3, 0.4) is 0 Å². The van der Waals surface area contributed by atoms with Gasteiger partial charge in [0.25, 0.3) is 0 Å². The van der Waals surface area contributed by atoms with Crippen molar-refractivity contribution in [2.24, 2.45) is 5.73 Å². The summed E-state index contributed by atoms with van der Waals surface area (Å²) in [6.45, 7) is 0. The van der Waals surface area contributed by atoms with Crippen LogP contribution in [0, 0.1) is 11.3 Å². The van der Waals surface area contributed by atoms with E-state index < -0.39 is 17.7 Å². The molecule has 0 fully saturated rings. The van der Waals surface area contributed by atoms with Gasteiger partial charge in [0.1, 0.15) is 17.4 Å². The second-order valence-electron chi connectivity index (χ2n) is 7.32. The highest BCUT2D eigenvalue weighted by Gasteiger charge is 2.41. The second kappa shape index (κ2) is 7.38. The van der Waals surface area contributed by atoms with Crippen molar-refractivity contribution in [1.82, 2.24) is 0 Å². The number of rotatable bonds is 2. The van der Waals surface area contributed by atoms with Crippen LogP contribution in [0.2, 0.25) is 0 Å². The van der Waals surface area contributed by atoms with Gasteiger partial charge in [0.2, 0.25) is 5.88 Å². The maximum atomic E-state index is 13.2. The van der Waals surface area contributed by atoms with Gasteiger partial charge < -0.3 is 10.5 Å². The van der Waals surface area contributed by atoms with E-state index in [2.05, 4.69) is 0 Å². The van der Waals surface area contributed by atoms with Gasteiger partial charge in [0.15, 0.2) is 5.78 Å². The Hall–Kier alpha value is -3.53. The number of carbonyl (C=O) groups excluding carboxylic acids is 1. The van der Waals surface area contributed by atoms with E-state index in [1.165, 1.54) is 12.1 Å². The zero-order chi connectivity index (χ0) is 21.5. The van der Waals surface area contributed by atoms with Crippen LogP contribution < -0.4 is 5.73 Å². The van der Waals surface area contributed by atoms with Crippen LogP contribution in [0.25, 0.3) is 0 Å². The Balaban J connectivity index is 1.81. The lowest BCUT2D eigenvalue weighted by Crippen LogP contribution is -2.30. The highest BCUT2D eigenvalue weighted by molar-refractivity contribution is 6.00. The Morgan fingerprint density at radius 2 is 1.73 bits per heavy atom. The molecule has 4 nitrogen and oxygen atoms in total. The van der Waals surface area contributed by atoms with Crippen LogP contribution >= 0.6 is 0 Å². The highest BCUT2D eigenvalue weighted by Crippen LogP contribution is 2.47. The molecule has 0 saturated heterocycles. The van der Waals surface area contributed by atoms with Crippen LogP contribution in [0.4, 0.5) is 13.2 Å². The zero-order valence-corrected chi connectivity index (χ0v) is 15.7. The van der Waals surface area contributed by atoms with Crippen molar-refractivity contribution in [3.63, 3.8) is 0 Å². The number of allylic oxidation sites excluding steroid dienone is 3. The van der Waals surface area contributed by atoms with Gasteiger partial charge >= 0.3 is 6.18 Å². The largest absolute Gasteiger partial charge is 0.444 e. The van der Waals surface area contributed by atoms with Crippen molar-refractivity contribution in [2.75, 3.05) is 0 Å². The third-order valence-corrected chi connectivity index (χ3v) is 5.48. The summed E-state index contributed by atoms with van der Waals surface area (Å²) in [4.78, 5) is 13.1. The van der Waals surface area contributed by atoms with Crippen molar-refractivity contribution >= 4 is 5.78 Å². The van der Waals surface area contributed by atoms with Crippen molar-refractivity contribution in [1.29, 1.82) is 5.26 Å². The fourth-order valence-electron chi connectivity index (χ4n) is 4.10. The van der Waals surface area contributed by atoms with E-state index in [1.807, 2.05) is 36.4 Å². The van der Waals surface area contributed by atoms with Gasteiger partial charge in [-0.3, -0.25) is 4.79 Å². The van der Waals surface area contributed by atoms with E-state index in [0.29, 0.717) is 12.2 Å². The van der Waals surface area contributed by atoms with Crippen molar-refractivity contribution < 1.29 is 22.7 Å². The Morgan fingerprint density at radius 3 is 2.40 bits per heavy atom. The number of nitriles is 1. The summed E-state index contributed by atoms with van der Waals surface area (Å²) in [6, 6.07) is 16.0. The quantitative estimate of drug-likeness (QED) is 0.763. The van der Waals surface area contributed by atoms with Gasteiger partial charge in [-0.2, -0.15) is 18.4 Å². The summed E-state index contributed by atoms with van der Waals surface area (Å²) < 4.78 is 45.3. The lowest BCUT2D eigenvalue weighted by atomic mass is 9.73. The molecule has 2 N–H and O–H groups in total. The van der Waals surface area contributed by atoms with Gasteiger partial charge in [0, 0.05) is 18.4 Å². The first-order chi connectivity index (χ1) is 14.3. The number of ether oxygens (including phenoxy) is 1. The third-order valence-electron chi connectivity index (χ3n) is 5.48. The van der Waals surface area contributed by atoms with Gasteiger partial charge in [-0.25, -0.2) is 0 Å². The molecule has 30 heavy (non-hydrogen) atoms. The highest BCUT2D eigenvalue weighted by atomic mass is 19.4. The molecular formula is C23H17F3N2O2. The fourth-order valence-corrected chi connectivity index (χ4v) is 4.10. The summed E-state index contributed by atoms with van der Waals surface area (Å²) in [6.07, 6.45) is -3.99. The van der Waals surface area contributed by atoms with Crippen LogP contribution in [-0.2, 0) is 15.7 Å². The van der Waals surface area contributed by atoms with E-state index in [0.717, 1.165) is 17.7 Å². The molecule has 2 atom stereocenters. The predicted molar refractivity (Wildman–Crippen MR) is 103 cm³/mol. The van der Waals surface area contributed by atoms with Crippen molar-refractivity contribution in [2.45, 2.75) is 30.9 Å². The van der Waals surface area contributed by atoms with E-state index in [9.17, 15) is 23.2 Å². The summed E-state index contributed by atoms with van der Waals surface area (Å²) in [5.74, 6) is -1.23. The monoisotopic (exact) mass is 410 g/mol. The minimum Gasteiger partial charge on any atom is -0.444 e. The predicted octanol–water partition coefficient (Wildman–Crippen LogP) is 4.91. The number of hydrogen-bond acceptors (Lipinski definition) is 4. The molecule has 0 saturated carbocycles. The topological polar surface area (TPSA) is 76.1 Å². The first-order valence-corrected chi connectivity index (χ1v) is 9.35. The van der Waals surface area contributed by atoms with Crippen molar-refractivity contribution in [3.8, 4) is 6.07 Å². The number of carbonyl (C=O) groups is 1.